The van der Waals surface area contributed by atoms with Crippen LogP contribution in [0.3, 0.4) is 0 Å². The molecular formula is C15H20O2. The molecule has 0 radical (unpaired) electrons. The topological polar surface area (TPSA) is 34.1 Å². The highest BCUT2D eigenvalue weighted by Crippen LogP contribution is 2.11. The van der Waals surface area contributed by atoms with Gasteiger partial charge in [0.15, 0.2) is 0 Å². The Bertz CT molecular complexity index is 368. The molecule has 17 heavy (non-hydrogen) atoms. The van der Waals surface area contributed by atoms with Crippen molar-refractivity contribution in [1.29, 1.82) is 0 Å². The van der Waals surface area contributed by atoms with Crippen molar-refractivity contribution >= 4 is 11.6 Å². The molecule has 1 atom stereocenters. The molecule has 0 aliphatic heterocycles. The van der Waals surface area contributed by atoms with Crippen molar-refractivity contribution in [2.45, 2.75) is 39.5 Å². The van der Waals surface area contributed by atoms with Crippen molar-refractivity contribution in [3.8, 4) is 0 Å². The minimum atomic E-state index is -0.122. The fourth-order valence-corrected chi connectivity index (χ4v) is 1.90. The zero-order chi connectivity index (χ0) is 12.7. The summed E-state index contributed by atoms with van der Waals surface area (Å²) >= 11 is 0. The monoisotopic (exact) mass is 232 g/mol. The standard InChI is InChI=1S/C15H20O2/c1-12(11-13(2)16)15(17)10-6-9-14-7-4-3-5-8-14/h3-5,7-8,12H,6,9-11H2,1-2H3. The van der Waals surface area contributed by atoms with Crippen LogP contribution in [0.1, 0.15) is 38.7 Å². The summed E-state index contributed by atoms with van der Waals surface area (Å²) in [5, 5.41) is 0. The van der Waals surface area contributed by atoms with Crippen molar-refractivity contribution in [2.75, 3.05) is 0 Å². The molecule has 92 valence electrons. The van der Waals surface area contributed by atoms with Gasteiger partial charge in [-0.2, -0.15) is 0 Å². The van der Waals surface area contributed by atoms with E-state index in [1.165, 1.54) is 12.5 Å². The highest BCUT2D eigenvalue weighted by molar-refractivity contribution is 5.86. The summed E-state index contributed by atoms with van der Waals surface area (Å²) in [7, 11) is 0. The normalized spacial score (nSPS) is 12.1. The number of carbonyl (C=O) groups excluding carboxylic acids is 2. The van der Waals surface area contributed by atoms with Crippen LogP contribution in [0, 0.1) is 5.92 Å². The maximum absolute atomic E-state index is 11.7. The minimum Gasteiger partial charge on any atom is -0.300 e. The fraction of sp³-hybridized carbons (Fsp3) is 0.467. The number of hydrogen-bond acceptors (Lipinski definition) is 2. The summed E-state index contributed by atoms with van der Waals surface area (Å²) in [5.74, 6) is 0.174. The van der Waals surface area contributed by atoms with Gasteiger partial charge in [-0.05, 0) is 25.3 Å². The molecule has 0 aliphatic carbocycles. The Kier molecular flexibility index (Phi) is 5.61. The number of Topliss-reactive ketones (excluding diaryl/α,β-unsaturated/α-hetero) is 2. The van der Waals surface area contributed by atoms with Crippen LogP contribution in [0.2, 0.25) is 0 Å². The molecule has 2 nitrogen and oxygen atoms in total. The van der Waals surface area contributed by atoms with Gasteiger partial charge < -0.3 is 4.79 Å². The van der Waals surface area contributed by atoms with Crippen molar-refractivity contribution in [3.05, 3.63) is 35.9 Å². The molecular weight excluding hydrogens is 212 g/mol. The second-order valence-electron chi connectivity index (χ2n) is 4.61. The van der Waals surface area contributed by atoms with Crippen molar-refractivity contribution < 1.29 is 9.59 Å². The molecule has 1 aromatic carbocycles. The molecule has 0 aromatic heterocycles. The first kappa shape index (κ1) is 13.6. The Morgan fingerprint density at radius 2 is 1.82 bits per heavy atom. The van der Waals surface area contributed by atoms with Crippen molar-refractivity contribution in [3.63, 3.8) is 0 Å². The lowest BCUT2D eigenvalue weighted by Gasteiger charge is -2.08. The maximum atomic E-state index is 11.7. The second-order valence-corrected chi connectivity index (χ2v) is 4.61. The number of benzene rings is 1. The van der Waals surface area contributed by atoms with Crippen LogP contribution in [0.4, 0.5) is 0 Å². The molecule has 0 saturated carbocycles. The summed E-state index contributed by atoms with van der Waals surface area (Å²) in [6.07, 6.45) is 2.75. The molecule has 0 fully saturated rings. The zero-order valence-corrected chi connectivity index (χ0v) is 10.6. The van der Waals surface area contributed by atoms with Gasteiger partial charge in [-0.1, -0.05) is 37.3 Å². The SMILES string of the molecule is CC(=O)CC(C)C(=O)CCCc1ccccc1. The Hall–Kier alpha value is -1.44. The van der Waals surface area contributed by atoms with E-state index in [0.717, 1.165) is 12.8 Å². The van der Waals surface area contributed by atoms with E-state index in [-0.39, 0.29) is 17.5 Å². The first-order valence-corrected chi connectivity index (χ1v) is 6.15. The van der Waals surface area contributed by atoms with Crippen LogP contribution in [-0.2, 0) is 16.0 Å². The predicted octanol–water partition coefficient (Wildman–Crippen LogP) is 3.19. The summed E-state index contributed by atoms with van der Waals surface area (Å²) < 4.78 is 0. The van der Waals surface area contributed by atoms with Gasteiger partial charge in [-0.3, -0.25) is 4.79 Å². The Balaban J connectivity index is 2.27. The Morgan fingerprint density at radius 1 is 1.18 bits per heavy atom. The Labute approximate surface area is 103 Å². The van der Waals surface area contributed by atoms with E-state index >= 15 is 0 Å². The van der Waals surface area contributed by atoms with Gasteiger partial charge in [0.25, 0.3) is 0 Å². The third-order valence-corrected chi connectivity index (χ3v) is 2.87. The molecule has 0 bridgehead atoms. The average molecular weight is 232 g/mol. The molecule has 0 spiro atoms. The second kappa shape index (κ2) is 7.00. The molecule has 2 heteroatoms. The summed E-state index contributed by atoms with van der Waals surface area (Å²) in [4.78, 5) is 22.6. The molecule has 0 aliphatic rings. The van der Waals surface area contributed by atoms with E-state index in [2.05, 4.69) is 12.1 Å². The molecule has 0 heterocycles. The largest absolute Gasteiger partial charge is 0.300 e. The lowest BCUT2D eigenvalue weighted by Crippen LogP contribution is -2.14. The first-order chi connectivity index (χ1) is 8.09. The van der Waals surface area contributed by atoms with Gasteiger partial charge in [-0.25, -0.2) is 0 Å². The van der Waals surface area contributed by atoms with Crippen molar-refractivity contribution in [2.24, 2.45) is 5.92 Å². The number of carbonyl (C=O) groups is 2. The van der Waals surface area contributed by atoms with Crippen LogP contribution in [-0.4, -0.2) is 11.6 Å². The third-order valence-electron chi connectivity index (χ3n) is 2.87. The lowest BCUT2D eigenvalue weighted by molar-refractivity contribution is -0.126. The van der Waals surface area contributed by atoms with Crippen LogP contribution < -0.4 is 0 Å². The van der Waals surface area contributed by atoms with E-state index in [9.17, 15) is 9.59 Å². The molecule has 0 N–H and O–H groups in total. The van der Waals surface area contributed by atoms with Gasteiger partial charge in [0.1, 0.15) is 11.6 Å². The lowest BCUT2D eigenvalue weighted by atomic mass is 9.96. The summed E-state index contributed by atoms with van der Waals surface area (Å²) in [5.41, 5.74) is 1.26. The van der Waals surface area contributed by atoms with Crippen LogP contribution in [0.25, 0.3) is 0 Å². The number of aryl methyl sites for hydroxylation is 1. The highest BCUT2D eigenvalue weighted by Gasteiger charge is 2.14. The molecule has 1 rings (SSSR count). The Morgan fingerprint density at radius 3 is 2.41 bits per heavy atom. The number of hydrogen-bond donors (Lipinski definition) is 0. The fourth-order valence-electron chi connectivity index (χ4n) is 1.90. The predicted molar refractivity (Wildman–Crippen MR) is 68.8 cm³/mol. The van der Waals surface area contributed by atoms with E-state index in [4.69, 9.17) is 0 Å². The van der Waals surface area contributed by atoms with Gasteiger partial charge in [0.05, 0.1) is 0 Å². The average Bonchev–Trinajstić information content (AvgIpc) is 2.29. The molecule has 0 amide bonds. The smallest absolute Gasteiger partial charge is 0.136 e. The van der Waals surface area contributed by atoms with E-state index in [0.29, 0.717) is 12.8 Å². The first-order valence-electron chi connectivity index (χ1n) is 6.15. The van der Waals surface area contributed by atoms with Gasteiger partial charge >= 0.3 is 0 Å². The quantitative estimate of drug-likeness (QED) is 0.723. The van der Waals surface area contributed by atoms with Gasteiger partial charge in [0, 0.05) is 18.8 Å². The number of rotatable bonds is 7. The molecule has 0 saturated heterocycles. The maximum Gasteiger partial charge on any atom is 0.136 e. The van der Waals surface area contributed by atoms with Crippen LogP contribution in [0.15, 0.2) is 30.3 Å². The van der Waals surface area contributed by atoms with E-state index in [1.54, 1.807) is 0 Å². The summed E-state index contributed by atoms with van der Waals surface area (Å²) in [6.45, 7) is 3.37. The highest BCUT2D eigenvalue weighted by atomic mass is 16.1. The van der Waals surface area contributed by atoms with Gasteiger partial charge in [-0.15, -0.1) is 0 Å². The zero-order valence-electron chi connectivity index (χ0n) is 10.6. The summed E-state index contributed by atoms with van der Waals surface area (Å²) in [6, 6.07) is 10.2. The molecule has 1 aromatic rings. The van der Waals surface area contributed by atoms with E-state index in [1.807, 2.05) is 25.1 Å². The number of ketones is 2. The van der Waals surface area contributed by atoms with Crippen molar-refractivity contribution in [1.82, 2.24) is 0 Å². The van der Waals surface area contributed by atoms with Crippen LogP contribution >= 0.6 is 0 Å². The third kappa shape index (κ3) is 5.43. The van der Waals surface area contributed by atoms with E-state index < -0.39 is 0 Å². The minimum absolute atomic E-state index is 0.0916. The van der Waals surface area contributed by atoms with Gasteiger partial charge in [0.2, 0.25) is 0 Å². The molecule has 1 unspecified atom stereocenters. The van der Waals surface area contributed by atoms with Crippen LogP contribution in [0.5, 0.6) is 0 Å².